The van der Waals surface area contributed by atoms with E-state index in [0.717, 1.165) is 11.3 Å². The summed E-state index contributed by atoms with van der Waals surface area (Å²) in [6.45, 7) is 3.22. The normalized spacial score (nSPS) is 14.1. The number of carbonyl (C=O) groups excluding carboxylic acids is 3. The molecule has 148 valence electrons. The number of ether oxygens (including phenoxy) is 1. The summed E-state index contributed by atoms with van der Waals surface area (Å²) >= 11 is 7.00. The maximum absolute atomic E-state index is 12.1. The molecule has 0 spiro atoms. The Morgan fingerprint density at radius 3 is 2.79 bits per heavy atom. The first-order valence-electron chi connectivity index (χ1n) is 8.76. The zero-order valence-corrected chi connectivity index (χ0v) is 16.9. The van der Waals surface area contributed by atoms with Crippen LogP contribution in [-0.2, 0) is 14.3 Å². The molecule has 3 rings (SSSR count). The van der Waals surface area contributed by atoms with E-state index < -0.39 is 0 Å². The van der Waals surface area contributed by atoms with E-state index in [2.05, 4.69) is 10.6 Å². The molecule has 0 aliphatic carbocycles. The summed E-state index contributed by atoms with van der Waals surface area (Å²) in [4.78, 5) is 38.2. The quantitative estimate of drug-likeness (QED) is 0.750. The summed E-state index contributed by atoms with van der Waals surface area (Å²) in [5, 5.41) is 5.50. The highest BCUT2D eigenvalue weighted by Crippen LogP contribution is 2.25. The number of hydrogen-bond acceptors (Lipinski definition) is 5. The van der Waals surface area contributed by atoms with Crippen LogP contribution in [0.5, 0.6) is 0 Å². The van der Waals surface area contributed by atoms with Crippen molar-refractivity contribution in [3.05, 3.63) is 45.1 Å². The number of amides is 3. The lowest BCUT2D eigenvalue weighted by Crippen LogP contribution is -2.42. The van der Waals surface area contributed by atoms with Crippen LogP contribution in [0, 0.1) is 6.92 Å². The Morgan fingerprint density at radius 2 is 2.11 bits per heavy atom. The molecule has 0 radical (unpaired) electrons. The number of aryl methyl sites for hydroxylation is 1. The lowest BCUT2D eigenvalue weighted by atomic mass is 10.1. The van der Waals surface area contributed by atoms with Crippen LogP contribution in [0.3, 0.4) is 0 Å². The highest BCUT2D eigenvalue weighted by molar-refractivity contribution is 7.18. The van der Waals surface area contributed by atoms with E-state index in [1.165, 1.54) is 11.3 Å². The fourth-order valence-electron chi connectivity index (χ4n) is 2.85. The first-order valence-corrected chi connectivity index (χ1v) is 9.95. The molecule has 0 bridgehead atoms. The van der Waals surface area contributed by atoms with E-state index in [9.17, 15) is 14.4 Å². The Balaban J connectivity index is 1.50. The molecular formula is C19H20ClN3O4S. The summed E-state index contributed by atoms with van der Waals surface area (Å²) in [5.74, 6) is -0.534. The predicted octanol–water partition coefficient (Wildman–Crippen LogP) is 2.83. The van der Waals surface area contributed by atoms with Crippen molar-refractivity contribution in [2.24, 2.45) is 0 Å². The van der Waals surface area contributed by atoms with Crippen LogP contribution in [0.1, 0.15) is 21.7 Å². The van der Waals surface area contributed by atoms with Gasteiger partial charge >= 0.3 is 0 Å². The second kappa shape index (κ2) is 9.18. The van der Waals surface area contributed by atoms with Crippen molar-refractivity contribution in [1.29, 1.82) is 0 Å². The van der Waals surface area contributed by atoms with Gasteiger partial charge in [-0.25, -0.2) is 0 Å². The second-order valence-electron chi connectivity index (χ2n) is 6.26. The van der Waals surface area contributed by atoms with Crippen molar-refractivity contribution in [1.82, 2.24) is 5.32 Å². The number of carbonyl (C=O) groups is 3. The number of rotatable bonds is 6. The van der Waals surface area contributed by atoms with Crippen molar-refractivity contribution < 1.29 is 19.1 Å². The molecule has 9 heteroatoms. The zero-order chi connectivity index (χ0) is 20.1. The van der Waals surface area contributed by atoms with Crippen molar-refractivity contribution in [2.45, 2.75) is 13.3 Å². The van der Waals surface area contributed by atoms with Crippen LogP contribution < -0.4 is 15.5 Å². The van der Waals surface area contributed by atoms with Crippen molar-refractivity contribution in [2.75, 3.05) is 36.5 Å². The van der Waals surface area contributed by atoms with Crippen LogP contribution in [0.15, 0.2) is 30.3 Å². The second-order valence-corrected chi connectivity index (χ2v) is 7.97. The van der Waals surface area contributed by atoms with E-state index in [1.807, 2.05) is 19.1 Å². The van der Waals surface area contributed by atoms with Gasteiger partial charge in [-0.1, -0.05) is 11.6 Å². The lowest BCUT2D eigenvalue weighted by Gasteiger charge is -2.28. The number of benzene rings is 1. The monoisotopic (exact) mass is 421 g/mol. The third-order valence-corrected chi connectivity index (χ3v) is 5.42. The molecular weight excluding hydrogens is 402 g/mol. The van der Waals surface area contributed by atoms with Crippen LogP contribution >= 0.6 is 22.9 Å². The molecule has 1 saturated heterocycles. The number of halogens is 1. The first kappa shape index (κ1) is 20.3. The molecule has 1 aliphatic rings. The molecule has 0 saturated carbocycles. The number of hydrogen-bond donors (Lipinski definition) is 2. The Bertz CT molecular complexity index is 899. The lowest BCUT2D eigenvalue weighted by molar-refractivity contribution is -0.125. The molecule has 2 N–H and O–H groups in total. The average molecular weight is 422 g/mol. The number of nitrogens with one attached hydrogen (secondary N) is 2. The third-order valence-electron chi connectivity index (χ3n) is 4.19. The number of nitrogens with zero attached hydrogens (tertiary/aromatic N) is 1. The van der Waals surface area contributed by atoms with Gasteiger partial charge in [-0.2, -0.15) is 0 Å². The summed E-state index contributed by atoms with van der Waals surface area (Å²) in [6, 6.07) is 8.70. The molecule has 1 aromatic carbocycles. The van der Waals surface area contributed by atoms with Gasteiger partial charge in [0.1, 0.15) is 6.61 Å². The Labute approximate surface area is 171 Å². The predicted molar refractivity (Wildman–Crippen MR) is 109 cm³/mol. The minimum atomic E-state index is -0.250. The minimum Gasteiger partial charge on any atom is -0.370 e. The summed E-state index contributed by atoms with van der Waals surface area (Å²) < 4.78 is 5.69. The molecule has 1 aromatic heterocycles. The topological polar surface area (TPSA) is 87.7 Å². The Hall–Kier alpha value is -2.42. The zero-order valence-electron chi connectivity index (χ0n) is 15.3. The van der Waals surface area contributed by atoms with Gasteiger partial charge < -0.3 is 20.3 Å². The highest BCUT2D eigenvalue weighted by atomic mass is 35.5. The molecule has 1 aliphatic heterocycles. The number of thiophene rings is 1. The third kappa shape index (κ3) is 5.09. The molecule has 3 amide bonds. The van der Waals surface area contributed by atoms with Gasteiger partial charge in [-0.3, -0.25) is 14.4 Å². The maximum Gasteiger partial charge on any atom is 0.261 e. The van der Waals surface area contributed by atoms with Gasteiger partial charge in [0.25, 0.3) is 11.8 Å². The molecule has 0 unspecified atom stereocenters. The van der Waals surface area contributed by atoms with Gasteiger partial charge in [-0.15, -0.1) is 11.3 Å². The largest absolute Gasteiger partial charge is 0.370 e. The fourth-order valence-corrected chi connectivity index (χ4v) is 3.80. The van der Waals surface area contributed by atoms with Crippen LogP contribution in [0.25, 0.3) is 0 Å². The van der Waals surface area contributed by atoms with Gasteiger partial charge in [0.2, 0.25) is 5.91 Å². The first-order chi connectivity index (χ1) is 13.4. The smallest absolute Gasteiger partial charge is 0.261 e. The van der Waals surface area contributed by atoms with Crippen LogP contribution in [0.2, 0.25) is 4.34 Å². The van der Waals surface area contributed by atoms with E-state index >= 15 is 0 Å². The number of morpholine rings is 1. The number of anilines is 2. The maximum atomic E-state index is 12.1. The van der Waals surface area contributed by atoms with E-state index in [1.54, 1.807) is 23.1 Å². The van der Waals surface area contributed by atoms with Crippen LogP contribution in [0.4, 0.5) is 11.4 Å². The average Bonchev–Trinajstić information content (AvgIpc) is 3.09. The fraction of sp³-hybridized carbons (Fsp3) is 0.316. The minimum absolute atomic E-state index is 0.0751. The molecule has 2 aromatic rings. The Kier molecular flexibility index (Phi) is 6.66. The van der Waals surface area contributed by atoms with E-state index in [-0.39, 0.29) is 37.3 Å². The highest BCUT2D eigenvalue weighted by Gasteiger charge is 2.21. The van der Waals surface area contributed by atoms with Crippen molar-refractivity contribution >= 4 is 52.0 Å². The molecule has 7 nitrogen and oxygen atoms in total. The van der Waals surface area contributed by atoms with Gasteiger partial charge in [0.15, 0.2) is 0 Å². The molecule has 1 fully saturated rings. The summed E-state index contributed by atoms with van der Waals surface area (Å²) in [6.07, 6.45) is 0.146. The summed E-state index contributed by atoms with van der Waals surface area (Å²) in [5.41, 5.74) is 2.34. The Morgan fingerprint density at radius 1 is 1.29 bits per heavy atom. The van der Waals surface area contributed by atoms with Crippen molar-refractivity contribution in [3.63, 3.8) is 0 Å². The SMILES string of the molecule is Cc1cc(NC(=O)CCNC(=O)c2ccc(Cl)s2)ccc1N1CCOCC1=O. The van der Waals surface area contributed by atoms with Gasteiger partial charge in [-0.05, 0) is 42.8 Å². The van der Waals surface area contributed by atoms with E-state index in [4.69, 9.17) is 16.3 Å². The molecule has 0 atom stereocenters. The van der Waals surface area contributed by atoms with Crippen LogP contribution in [-0.4, -0.2) is 44.0 Å². The van der Waals surface area contributed by atoms with Gasteiger partial charge in [0, 0.05) is 30.9 Å². The van der Waals surface area contributed by atoms with Gasteiger partial charge in [0.05, 0.1) is 15.8 Å². The van der Waals surface area contributed by atoms with E-state index in [0.29, 0.717) is 28.1 Å². The molecule has 2 heterocycles. The standard InChI is InChI=1S/C19H20ClN3O4S/c1-12-10-13(2-3-14(12)23-8-9-27-11-18(23)25)22-17(24)6-7-21-19(26)15-4-5-16(20)28-15/h2-5,10H,6-9,11H2,1H3,(H,21,26)(H,22,24). The summed E-state index contributed by atoms with van der Waals surface area (Å²) in [7, 11) is 0. The molecule has 28 heavy (non-hydrogen) atoms. The van der Waals surface area contributed by atoms with Crippen molar-refractivity contribution in [3.8, 4) is 0 Å².